The third-order valence-electron chi connectivity index (χ3n) is 6.43. The molecule has 1 aliphatic heterocycles. The topological polar surface area (TPSA) is 67.9 Å². The molecule has 0 aliphatic carbocycles. The minimum Gasteiger partial charge on any atom is -0.497 e. The third-order valence-corrected chi connectivity index (χ3v) is 6.43. The summed E-state index contributed by atoms with van der Waals surface area (Å²) in [5.74, 6) is 0.417. The fourth-order valence-electron chi connectivity index (χ4n) is 4.38. The van der Waals surface area contributed by atoms with Crippen LogP contribution in [0.25, 0.3) is 0 Å². The molecule has 6 nitrogen and oxygen atoms in total. The van der Waals surface area contributed by atoms with Crippen molar-refractivity contribution in [1.29, 1.82) is 0 Å². The lowest BCUT2D eigenvalue weighted by Crippen LogP contribution is -2.49. The van der Waals surface area contributed by atoms with Crippen molar-refractivity contribution in [3.8, 4) is 5.75 Å². The second-order valence-electron chi connectivity index (χ2n) is 8.51. The number of fused-ring (bicyclic) bond motifs is 1. The molecule has 2 atom stereocenters. The maximum Gasteiger partial charge on any atom is 0.337 e. The van der Waals surface area contributed by atoms with Crippen molar-refractivity contribution in [2.75, 3.05) is 14.2 Å². The quantitative estimate of drug-likeness (QED) is 0.535. The first kappa shape index (κ1) is 23.5. The van der Waals surface area contributed by atoms with Crippen LogP contribution in [0.2, 0.25) is 0 Å². The van der Waals surface area contributed by atoms with E-state index in [-0.39, 0.29) is 24.0 Å². The van der Waals surface area contributed by atoms with E-state index in [0.717, 1.165) is 16.9 Å². The molecule has 3 aromatic rings. The second-order valence-corrected chi connectivity index (χ2v) is 8.51. The monoisotopic (exact) mass is 458 g/mol. The minimum absolute atomic E-state index is 0.0434. The Bertz CT molecular complexity index is 1160. The summed E-state index contributed by atoms with van der Waals surface area (Å²) in [4.78, 5) is 27.6. The van der Waals surface area contributed by atoms with E-state index in [1.165, 1.54) is 18.2 Å². The van der Waals surface area contributed by atoms with Gasteiger partial charge >= 0.3 is 5.97 Å². The SMILES string of the molecule is COC(=O)c1ccc(CN(C(=O)C2Cc3ccccc3CN2)[C@H](C)c2cccc(OC)c2)cc1. The van der Waals surface area contributed by atoms with Crippen LogP contribution in [0.3, 0.4) is 0 Å². The molecule has 6 heteroatoms. The largest absolute Gasteiger partial charge is 0.497 e. The number of esters is 1. The normalized spacial score (nSPS) is 15.7. The maximum atomic E-state index is 13.9. The fourth-order valence-corrected chi connectivity index (χ4v) is 4.38. The van der Waals surface area contributed by atoms with Crippen molar-refractivity contribution in [2.45, 2.75) is 38.5 Å². The van der Waals surface area contributed by atoms with E-state index < -0.39 is 0 Å². The average molecular weight is 459 g/mol. The number of nitrogens with zero attached hydrogens (tertiary/aromatic N) is 1. The lowest BCUT2D eigenvalue weighted by molar-refractivity contribution is -0.136. The number of amides is 1. The standard InChI is InChI=1S/C28H30N2O4/c1-19(22-9-6-10-25(15-22)33-2)30(18-20-11-13-21(14-12-20)28(32)34-3)27(31)26-16-23-7-4-5-8-24(23)17-29-26/h4-15,19,26,29H,16-18H2,1-3H3/t19-,26?/m1/s1. The molecule has 0 saturated heterocycles. The summed E-state index contributed by atoms with van der Waals surface area (Å²) in [6, 6.07) is 22.8. The van der Waals surface area contributed by atoms with Crippen molar-refractivity contribution in [1.82, 2.24) is 10.2 Å². The number of hydrogen-bond donors (Lipinski definition) is 1. The molecule has 0 radical (unpaired) electrons. The zero-order valence-corrected chi connectivity index (χ0v) is 19.8. The highest BCUT2D eigenvalue weighted by molar-refractivity contribution is 5.89. The average Bonchev–Trinajstić information content (AvgIpc) is 2.90. The van der Waals surface area contributed by atoms with Crippen LogP contribution in [0.15, 0.2) is 72.8 Å². The number of nitrogens with one attached hydrogen (secondary N) is 1. The number of carbonyl (C=O) groups is 2. The zero-order valence-electron chi connectivity index (χ0n) is 19.8. The van der Waals surface area contributed by atoms with Crippen LogP contribution in [0.4, 0.5) is 0 Å². The molecule has 4 rings (SSSR count). The predicted octanol–water partition coefficient (Wildman–Crippen LogP) is 4.29. The van der Waals surface area contributed by atoms with Gasteiger partial charge < -0.3 is 19.7 Å². The van der Waals surface area contributed by atoms with Gasteiger partial charge in [0.2, 0.25) is 5.91 Å². The summed E-state index contributed by atoms with van der Waals surface area (Å²) in [6.45, 7) is 3.12. The molecule has 1 heterocycles. The third kappa shape index (κ3) is 5.13. The van der Waals surface area contributed by atoms with E-state index in [9.17, 15) is 9.59 Å². The number of ether oxygens (including phenoxy) is 2. The maximum absolute atomic E-state index is 13.9. The molecule has 0 fully saturated rings. The van der Waals surface area contributed by atoms with E-state index in [4.69, 9.17) is 9.47 Å². The van der Waals surface area contributed by atoms with Crippen LogP contribution >= 0.6 is 0 Å². The smallest absolute Gasteiger partial charge is 0.337 e. The van der Waals surface area contributed by atoms with Gasteiger partial charge in [0.25, 0.3) is 0 Å². The Hall–Kier alpha value is -3.64. The molecule has 1 N–H and O–H groups in total. The van der Waals surface area contributed by atoms with E-state index >= 15 is 0 Å². The van der Waals surface area contributed by atoms with Gasteiger partial charge in [-0.2, -0.15) is 0 Å². The zero-order chi connectivity index (χ0) is 24.1. The molecular weight excluding hydrogens is 428 g/mol. The molecular formula is C28H30N2O4. The first-order chi connectivity index (χ1) is 16.5. The molecule has 0 saturated carbocycles. The van der Waals surface area contributed by atoms with E-state index in [0.29, 0.717) is 25.1 Å². The highest BCUT2D eigenvalue weighted by Crippen LogP contribution is 2.28. The van der Waals surface area contributed by atoms with Gasteiger partial charge in [0.15, 0.2) is 0 Å². The van der Waals surface area contributed by atoms with Crippen molar-refractivity contribution >= 4 is 11.9 Å². The molecule has 0 spiro atoms. The molecule has 0 aromatic heterocycles. The molecule has 176 valence electrons. The predicted molar refractivity (Wildman–Crippen MR) is 131 cm³/mol. The first-order valence-corrected chi connectivity index (χ1v) is 11.4. The van der Waals surface area contributed by atoms with Crippen LogP contribution in [0.5, 0.6) is 5.75 Å². The number of benzene rings is 3. The Morgan fingerprint density at radius 3 is 2.44 bits per heavy atom. The Kier molecular flexibility index (Phi) is 7.28. The van der Waals surface area contributed by atoms with E-state index in [2.05, 4.69) is 17.4 Å². The highest BCUT2D eigenvalue weighted by Gasteiger charge is 2.31. The summed E-state index contributed by atoms with van der Waals surface area (Å²) >= 11 is 0. The fraction of sp³-hybridized carbons (Fsp3) is 0.286. The minimum atomic E-state index is -0.380. The van der Waals surface area contributed by atoms with Gasteiger partial charge in [-0.15, -0.1) is 0 Å². The lowest BCUT2D eigenvalue weighted by atomic mass is 9.94. The van der Waals surface area contributed by atoms with Crippen molar-refractivity contribution in [3.63, 3.8) is 0 Å². The van der Waals surface area contributed by atoms with Crippen LogP contribution in [-0.2, 0) is 29.0 Å². The van der Waals surface area contributed by atoms with E-state index in [1.807, 2.05) is 60.4 Å². The van der Waals surface area contributed by atoms with Crippen molar-refractivity contribution < 1.29 is 19.1 Å². The van der Waals surface area contributed by atoms with Gasteiger partial charge in [-0.1, -0.05) is 48.5 Å². The van der Waals surface area contributed by atoms with Gasteiger partial charge in [-0.05, 0) is 59.9 Å². The molecule has 34 heavy (non-hydrogen) atoms. The van der Waals surface area contributed by atoms with Crippen LogP contribution in [-0.4, -0.2) is 37.0 Å². The number of rotatable bonds is 7. The summed E-state index contributed by atoms with van der Waals surface area (Å²) in [5.41, 5.74) is 4.85. The van der Waals surface area contributed by atoms with Gasteiger partial charge in [0.05, 0.1) is 31.9 Å². The molecule has 1 aliphatic rings. The highest BCUT2D eigenvalue weighted by atomic mass is 16.5. The van der Waals surface area contributed by atoms with Crippen molar-refractivity contribution in [2.24, 2.45) is 0 Å². The Balaban J connectivity index is 1.62. The van der Waals surface area contributed by atoms with Crippen LogP contribution in [0, 0.1) is 0 Å². The molecule has 1 amide bonds. The second kappa shape index (κ2) is 10.5. The Morgan fingerprint density at radius 2 is 1.74 bits per heavy atom. The van der Waals surface area contributed by atoms with Gasteiger partial charge in [0, 0.05) is 13.1 Å². The number of methoxy groups -OCH3 is 2. The molecule has 3 aromatic carbocycles. The lowest BCUT2D eigenvalue weighted by Gasteiger charge is -2.35. The Morgan fingerprint density at radius 1 is 1.00 bits per heavy atom. The summed E-state index contributed by atoms with van der Waals surface area (Å²) in [7, 11) is 3.00. The van der Waals surface area contributed by atoms with Crippen LogP contribution in [0.1, 0.15) is 45.6 Å². The van der Waals surface area contributed by atoms with Crippen LogP contribution < -0.4 is 10.1 Å². The van der Waals surface area contributed by atoms with Gasteiger partial charge in [0.1, 0.15) is 5.75 Å². The van der Waals surface area contributed by atoms with Crippen molar-refractivity contribution in [3.05, 3.63) is 101 Å². The van der Waals surface area contributed by atoms with E-state index in [1.54, 1.807) is 19.2 Å². The summed E-state index contributed by atoms with van der Waals surface area (Å²) in [5, 5.41) is 3.42. The van der Waals surface area contributed by atoms with Gasteiger partial charge in [-0.3, -0.25) is 4.79 Å². The van der Waals surface area contributed by atoms with Gasteiger partial charge in [-0.25, -0.2) is 4.79 Å². The number of hydrogen-bond acceptors (Lipinski definition) is 5. The molecule has 0 bridgehead atoms. The first-order valence-electron chi connectivity index (χ1n) is 11.4. The number of carbonyl (C=O) groups excluding carboxylic acids is 2. The summed E-state index contributed by atoms with van der Waals surface area (Å²) in [6.07, 6.45) is 0.650. The summed E-state index contributed by atoms with van der Waals surface area (Å²) < 4.78 is 10.2. The Labute approximate surface area is 200 Å². The molecule has 1 unspecified atom stereocenters.